The van der Waals surface area contributed by atoms with E-state index in [2.05, 4.69) is 15.0 Å². The van der Waals surface area contributed by atoms with E-state index in [1.54, 1.807) is 18.6 Å². The van der Waals surface area contributed by atoms with Crippen LogP contribution in [0.3, 0.4) is 0 Å². The van der Waals surface area contributed by atoms with E-state index < -0.39 is 16.0 Å². The predicted molar refractivity (Wildman–Crippen MR) is 95.1 cm³/mol. The van der Waals surface area contributed by atoms with Gasteiger partial charge in [-0.25, -0.2) is 17.5 Å². The molecule has 9 heteroatoms. The van der Waals surface area contributed by atoms with E-state index in [1.165, 1.54) is 22.8 Å². The maximum atomic E-state index is 11.8. The van der Waals surface area contributed by atoms with Gasteiger partial charge in [0.15, 0.2) is 0 Å². The van der Waals surface area contributed by atoms with E-state index in [0.717, 1.165) is 18.5 Å². The van der Waals surface area contributed by atoms with E-state index in [4.69, 9.17) is 5.11 Å². The number of carboxylic acid groups (broad SMARTS) is 1. The molecule has 8 nitrogen and oxygen atoms in total. The standard InChI is InChI=1S/C17H20N4O4S/c1-26(24,25)21-6-2-3-12(11-21)7-15-16(20-5-4-19-15)13-8-14(17(22)23)10-18-9-13/h4-5,8-10,12H,2-3,6-7,11H2,1H3,(H,22,23)/t12-/m1/s1. The fourth-order valence-electron chi connectivity index (χ4n) is 3.21. The van der Waals surface area contributed by atoms with Crippen molar-refractivity contribution in [1.82, 2.24) is 19.3 Å². The molecule has 1 saturated heterocycles. The molecule has 0 amide bonds. The molecule has 1 atom stereocenters. The molecule has 2 aromatic rings. The fourth-order valence-corrected chi connectivity index (χ4v) is 4.15. The molecular weight excluding hydrogens is 356 g/mol. The number of pyridine rings is 1. The zero-order valence-electron chi connectivity index (χ0n) is 14.4. The third kappa shape index (κ3) is 4.23. The van der Waals surface area contributed by atoms with Crippen molar-refractivity contribution in [2.24, 2.45) is 5.92 Å². The lowest BCUT2D eigenvalue weighted by atomic mass is 9.93. The summed E-state index contributed by atoms with van der Waals surface area (Å²) in [6, 6.07) is 1.52. The first kappa shape index (κ1) is 18.4. The Kier molecular flexibility index (Phi) is 5.28. The third-order valence-electron chi connectivity index (χ3n) is 4.47. The van der Waals surface area contributed by atoms with Crippen LogP contribution in [-0.2, 0) is 16.4 Å². The van der Waals surface area contributed by atoms with Gasteiger partial charge in [-0.2, -0.15) is 0 Å². The molecule has 0 bridgehead atoms. The molecule has 26 heavy (non-hydrogen) atoms. The number of hydrogen-bond acceptors (Lipinski definition) is 6. The molecule has 3 rings (SSSR count). The van der Waals surface area contributed by atoms with Crippen LogP contribution >= 0.6 is 0 Å². The topological polar surface area (TPSA) is 113 Å². The van der Waals surface area contributed by atoms with E-state index in [-0.39, 0.29) is 11.5 Å². The number of piperidine rings is 1. The summed E-state index contributed by atoms with van der Waals surface area (Å²) in [6.45, 7) is 1.01. The van der Waals surface area contributed by atoms with Gasteiger partial charge in [0.25, 0.3) is 0 Å². The summed E-state index contributed by atoms with van der Waals surface area (Å²) in [5.41, 5.74) is 1.97. The molecule has 0 unspecified atom stereocenters. The zero-order valence-corrected chi connectivity index (χ0v) is 15.2. The number of carbonyl (C=O) groups is 1. The highest BCUT2D eigenvalue weighted by Gasteiger charge is 2.27. The van der Waals surface area contributed by atoms with Crippen molar-refractivity contribution in [3.8, 4) is 11.3 Å². The second-order valence-electron chi connectivity index (χ2n) is 6.45. The highest BCUT2D eigenvalue weighted by molar-refractivity contribution is 7.88. The summed E-state index contributed by atoms with van der Waals surface area (Å²) in [5, 5.41) is 9.15. The van der Waals surface area contributed by atoms with Crippen LogP contribution in [0.4, 0.5) is 0 Å². The van der Waals surface area contributed by atoms with E-state index in [1.807, 2.05) is 0 Å². The average molecular weight is 376 g/mol. The van der Waals surface area contributed by atoms with Crippen LogP contribution < -0.4 is 0 Å². The van der Waals surface area contributed by atoms with Crippen LogP contribution in [0.1, 0.15) is 28.9 Å². The maximum Gasteiger partial charge on any atom is 0.337 e. The fraction of sp³-hybridized carbons (Fsp3) is 0.412. The van der Waals surface area contributed by atoms with Crippen molar-refractivity contribution in [3.63, 3.8) is 0 Å². The van der Waals surface area contributed by atoms with Gasteiger partial charge in [-0.1, -0.05) is 0 Å². The zero-order chi connectivity index (χ0) is 18.7. The van der Waals surface area contributed by atoms with Crippen LogP contribution in [0.2, 0.25) is 0 Å². The van der Waals surface area contributed by atoms with Crippen LogP contribution in [0.5, 0.6) is 0 Å². The second-order valence-corrected chi connectivity index (χ2v) is 8.43. The molecule has 1 aliphatic heterocycles. The summed E-state index contributed by atoms with van der Waals surface area (Å²) in [4.78, 5) is 23.9. The van der Waals surface area contributed by atoms with E-state index >= 15 is 0 Å². The Morgan fingerprint density at radius 2 is 2.08 bits per heavy atom. The predicted octanol–water partition coefficient (Wildman–Crippen LogP) is 1.45. The SMILES string of the molecule is CS(=O)(=O)N1CCC[C@H](Cc2nccnc2-c2cncc(C(=O)O)c2)C1. The Balaban J connectivity index is 1.86. The van der Waals surface area contributed by atoms with Crippen molar-refractivity contribution in [2.45, 2.75) is 19.3 Å². The molecule has 0 saturated carbocycles. The van der Waals surface area contributed by atoms with Crippen molar-refractivity contribution >= 4 is 16.0 Å². The van der Waals surface area contributed by atoms with E-state index in [9.17, 15) is 13.2 Å². The van der Waals surface area contributed by atoms with Gasteiger partial charge in [-0.3, -0.25) is 15.0 Å². The van der Waals surface area contributed by atoms with Crippen LogP contribution in [0.25, 0.3) is 11.3 Å². The summed E-state index contributed by atoms with van der Waals surface area (Å²) >= 11 is 0. The van der Waals surface area contributed by atoms with E-state index in [0.29, 0.717) is 30.8 Å². The summed E-state index contributed by atoms with van der Waals surface area (Å²) < 4.78 is 25.1. The van der Waals surface area contributed by atoms with Gasteiger partial charge in [-0.15, -0.1) is 0 Å². The first-order chi connectivity index (χ1) is 12.3. The molecule has 2 aromatic heterocycles. The number of rotatable bonds is 5. The van der Waals surface area contributed by atoms with Crippen molar-refractivity contribution in [1.29, 1.82) is 0 Å². The van der Waals surface area contributed by atoms with Crippen LogP contribution in [0.15, 0.2) is 30.9 Å². The third-order valence-corrected chi connectivity index (χ3v) is 5.74. The Labute approximate surface area is 152 Å². The van der Waals surface area contributed by atoms with Gasteiger partial charge >= 0.3 is 5.97 Å². The minimum Gasteiger partial charge on any atom is -0.478 e. The van der Waals surface area contributed by atoms with Crippen molar-refractivity contribution < 1.29 is 18.3 Å². The Morgan fingerprint density at radius 1 is 1.31 bits per heavy atom. The smallest absolute Gasteiger partial charge is 0.337 e. The van der Waals surface area contributed by atoms with Gasteiger partial charge in [0.2, 0.25) is 10.0 Å². The number of carboxylic acids is 1. The number of sulfonamides is 1. The second kappa shape index (κ2) is 7.46. The molecule has 1 N–H and O–H groups in total. The molecule has 1 fully saturated rings. The monoisotopic (exact) mass is 376 g/mol. The molecule has 0 aromatic carbocycles. The van der Waals surface area contributed by atoms with Gasteiger partial charge in [0, 0.05) is 43.4 Å². The van der Waals surface area contributed by atoms with Gasteiger partial charge in [-0.05, 0) is 31.2 Å². The van der Waals surface area contributed by atoms with Gasteiger partial charge in [0.05, 0.1) is 23.2 Å². The maximum absolute atomic E-state index is 11.8. The largest absolute Gasteiger partial charge is 0.478 e. The highest BCUT2D eigenvalue weighted by atomic mass is 32.2. The molecule has 0 aliphatic carbocycles. The van der Waals surface area contributed by atoms with Crippen molar-refractivity contribution in [2.75, 3.05) is 19.3 Å². The minimum absolute atomic E-state index is 0.0834. The highest BCUT2D eigenvalue weighted by Crippen LogP contribution is 2.26. The first-order valence-corrected chi connectivity index (χ1v) is 10.1. The number of hydrogen-bond donors (Lipinski definition) is 1. The minimum atomic E-state index is -3.21. The molecular formula is C17H20N4O4S. The molecule has 1 aliphatic rings. The summed E-state index contributed by atoms with van der Waals surface area (Å²) in [6.07, 6.45) is 9.51. The van der Waals surface area contributed by atoms with Gasteiger partial charge < -0.3 is 5.11 Å². The van der Waals surface area contributed by atoms with Crippen molar-refractivity contribution in [3.05, 3.63) is 42.1 Å². The van der Waals surface area contributed by atoms with Crippen LogP contribution in [0, 0.1) is 5.92 Å². The Bertz CT molecular complexity index is 916. The summed E-state index contributed by atoms with van der Waals surface area (Å²) in [7, 11) is -3.21. The average Bonchev–Trinajstić information content (AvgIpc) is 2.62. The summed E-state index contributed by atoms with van der Waals surface area (Å²) in [5.74, 6) is -0.912. The quantitative estimate of drug-likeness (QED) is 0.840. The number of aromatic carboxylic acids is 1. The van der Waals surface area contributed by atoms with Gasteiger partial charge in [0.1, 0.15) is 0 Å². The Hall–Kier alpha value is -2.39. The Morgan fingerprint density at radius 3 is 2.81 bits per heavy atom. The lowest BCUT2D eigenvalue weighted by Gasteiger charge is -2.31. The molecule has 0 radical (unpaired) electrons. The molecule has 3 heterocycles. The molecule has 0 spiro atoms. The lowest BCUT2D eigenvalue weighted by Crippen LogP contribution is -2.39. The first-order valence-electron chi connectivity index (χ1n) is 8.28. The van der Waals surface area contributed by atoms with Crippen LogP contribution in [-0.4, -0.2) is 58.1 Å². The number of nitrogens with zero attached hydrogens (tertiary/aromatic N) is 4. The lowest BCUT2D eigenvalue weighted by molar-refractivity contribution is 0.0696. The molecule has 138 valence electrons. The number of aromatic nitrogens is 3. The normalized spacial score (nSPS) is 18.6.